The highest BCUT2D eigenvalue weighted by atomic mass is 16.5. The predicted molar refractivity (Wildman–Crippen MR) is 87.0 cm³/mol. The summed E-state index contributed by atoms with van der Waals surface area (Å²) in [6.07, 6.45) is 1.93. The van der Waals surface area contributed by atoms with E-state index in [4.69, 9.17) is 9.84 Å². The number of carboxylic acids is 1. The van der Waals surface area contributed by atoms with Crippen molar-refractivity contribution in [3.05, 3.63) is 34.9 Å². The third-order valence-electron chi connectivity index (χ3n) is 3.35. The van der Waals surface area contributed by atoms with Crippen molar-refractivity contribution in [1.82, 2.24) is 0 Å². The Labute approximate surface area is 127 Å². The van der Waals surface area contributed by atoms with Crippen LogP contribution in [0.1, 0.15) is 57.7 Å². The van der Waals surface area contributed by atoms with E-state index in [0.717, 1.165) is 28.0 Å². The molecule has 0 aliphatic heterocycles. The zero-order valence-electron chi connectivity index (χ0n) is 13.9. The van der Waals surface area contributed by atoms with Gasteiger partial charge in [-0.15, -0.1) is 0 Å². The van der Waals surface area contributed by atoms with E-state index in [9.17, 15) is 4.79 Å². The smallest absolute Gasteiger partial charge is 0.328 e. The summed E-state index contributed by atoms with van der Waals surface area (Å²) >= 11 is 0. The molecule has 0 fully saturated rings. The maximum Gasteiger partial charge on any atom is 0.328 e. The van der Waals surface area contributed by atoms with Crippen LogP contribution >= 0.6 is 0 Å². The Morgan fingerprint density at radius 3 is 2.33 bits per heavy atom. The lowest BCUT2D eigenvalue weighted by Crippen LogP contribution is -2.15. The van der Waals surface area contributed by atoms with Gasteiger partial charge in [0.2, 0.25) is 0 Å². The Kier molecular flexibility index (Phi) is 5.59. The second-order valence-corrected chi connectivity index (χ2v) is 6.23. The number of allylic oxidation sites excluding steroid dienone is 1. The third kappa shape index (κ3) is 4.35. The van der Waals surface area contributed by atoms with E-state index in [0.29, 0.717) is 13.0 Å². The molecule has 0 heterocycles. The number of rotatable bonds is 5. The fraction of sp³-hybridized carbons (Fsp3) is 0.500. The minimum Gasteiger partial charge on any atom is -0.493 e. The zero-order chi connectivity index (χ0) is 16.2. The van der Waals surface area contributed by atoms with E-state index in [-0.39, 0.29) is 5.41 Å². The molecule has 0 aromatic heterocycles. The predicted octanol–water partition coefficient (Wildman–Crippen LogP) is 4.57. The molecule has 116 valence electrons. The molecule has 1 aromatic rings. The normalized spacial score (nSPS) is 12.4. The van der Waals surface area contributed by atoms with Crippen LogP contribution in [0.5, 0.6) is 5.75 Å². The molecule has 0 saturated carbocycles. The molecule has 3 nitrogen and oxygen atoms in total. The molecular weight excluding hydrogens is 264 g/mol. The summed E-state index contributed by atoms with van der Waals surface area (Å²) < 4.78 is 5.88. The molecule has 0 spiro atoms. The first-order valence-corrected chi connectivity index (χ1v) is 7.42. The lowest BCUT2D eigenvalue weighted by molar-refractivity contribution is -0.131. The Morgan fingerprint density at radius 2 is 1.90 bits per heavy atom. The second kappa shape index (κ2) is 6.79. The molecule has 0 bridgehead atoms. The van der Waals surface area contributed by atoms with E-state index in [1.165, 1.54) is 6.08 Å². The monoisotopic (exact) mass is 290 g/mol. The average Bonchev–Trinajstić information content (AvgIpc) is 2.36. The summed E-state index contributed by atoms with van der Waals surface area (Å²) in [5.41, 5.74) is 3.85. The summed E-state index contributed by atoms with van der Waals surface area (Å²) in [4.78, 5) is 11.1. The fourth-order valence-corrected chi connectivity index (χ4v) is 2.39. The van der Waals surface area contributed by atoms with Crippen LogP contribution in [0.2, 0.25) is 0 Å². The Balaban J connectivity index is 3.63. The number of hydrogen-bond acceptors (Lipinski definition) is 2. The van der Waals surface area contributed by atoms with Gasteiger partial charge in [-0.05, 0) is 42.9 Å². The maximum absolute atomic E-state index is 11.1. The van der Waals surface area contributed by atoms with Crippen molar-refractivity contribution in [1.29, 1.82) is 0 Å². The standard InChI is InChI=1S/C18H26O3/c1-7-13(11-16(19)20)14-9-12(3)10-15(18(4,5)6)17(14)21-8-2/h9-11H,7-8H2,1-6H3,(H,19,20)/b13-11+. The van der Waals surface area contributed by atoms with Gasteiger partial charge >= 0.3 is 5.97 Å². The summed E-state index contributed by atoms with van der Waals surface area (Å²) in [7, 11) is 0. The maximum atomic E-state index is 11.1. The molecule has 3 heteroatoms. The molecule has 0 amide bonds. The van der Waals surface area contributed by atoms with Gasteiger partial charge in [-0.25, -0.2) is 4.79 Å². The van der Waals surface area contributed by atoms with Crippen LogP contribution < -0.4 is 4.74 Å². The van der Waals surface area contributed by atoms with E-state index in [2.05, 4.69) is 26.8 Å². The molecule has 0 unspecified atom stereocenters. The van der Waals surface area contributed by atoms with Crippen molar-refractivity contribution in [2.45, 2.75) is 53.4 Å². The van der Waals surface area contributed by atoms with Crippen molar-refractivity contribution in [2.75, 3.05) is 6.61 Å². The van der Waals surface area contributed by atoms with E-state index in [1.54, 1.807) is 0 Å². The second-order valence-electron chi connectivity index (χ2n) is 6.23. The van der Waals surface area contributed by atoms with Crippen molar-refractivity contribution in [2.24, 2.45) is 0 Å². The van der Waals surface area contributed by atoms with E-state index < -0.39 is 5.97 Å². The first-order valence-electron chi connectivity index (χ1n) is 7.42. The molecule has 0 saturated heterocycles. The minimum absolute atomic E-state index is 0.0622. The molecule has 21 heavy (non-hydrogen) atoms. The Hall–Kier alpha value is -1.77. The summed E-state index contributed by atoms with van der Waals surface area (Å²) in [5.74, 6) is -0.113. The van der Waals surface area contributed by atoms with Gasteiger partial charge in [0.25, 0.3) is 0 Å². The van der Waals surface area contributed by atoms with Gasteiger partial charge in [0.05, 0.1) is 6.61 Å². The van der Waals surface area contributed by atoms with Gasteiger partial charge in [-0.2, -0.15) is 0 Å². The first-order chi connectivity index (χ1) is 9.70. The minimum atomic E-state index is -0.923. The molecular formula is C18H26O3. The van der Waals surface area contributed by atoms with Crippen molar-refractivity contribution < 1.29 is 14.6 Å². The zero-order valence-corrected chi connectivity index (χ0v) is 13.9. The molecule has 1 aromatic carbocycles. The number of aryl methyl sites for hydroxylation is 1. The quantitative estimate of drug-likeness (QED) is 0.808. The molecule has 0 radical (unpaired) electrons. The number of benzene rings is 1. The largest absolute Gasteiger partial charge is 0.493 e. The van der Waals surface area contributed by atoms with Gasteiger partial charge in [0, 0.05) is 17.2 Å². The van der Waals surface area contributed by atoms with E-state index >= 15 is 0 Å². The number of hydrogen-bond donors (Lipinski definition) is 1. The summed E-state index contributed by atoms with van der Waals surface area (Å²) in [5, 5.41) is 9.08. The molecule has 1 N–H and O–H groups in total. The van der Waals surface area contributed by atoms with Crippen LogP contribution in [0, 0.1) is 6.92 Å². The lowest BCUT2D eigenvalue weighted by Gasteiger charge is -2.26. The molecule has 0 atom stereocenters. The first kappa shape index (κ1) is 17.3. The SMILES string of the molecule is CCOc1c(/C(=C/C(=O)O)CC)cc(C)cc1C(C)(C)C. The number of carbonyl (C=O) groups is 1. The fourth-order valence-electron chi connectivity index (χ4n) is 2.39. The Bertz CT molecular complexity index is 548. The average molecular weight is 290 g/mol. The molecule has 1 rings (SSSR count). The molecule has 0 aliphatic carbocycles. The van der Waals surface area contributed by atoms with Gasteiger partial charge in [0.15, 0.2) is 0 Å². The van der Waals surface area contributed by atoms with Crippen LogP contribution in [0.25, 0.3) is 5.57 Å². The van der Waals surface area contributed by atoms with Crippen molar-refractivity contribution in [3.8, 4) is 5.75 Å². The number of carboxylic acid groups (broad SMARTS) is 1. The lowest BCUT2D eigenvalue weighted by atomic mass is 9.82. The van der Waals surface area contributed by atoms with Gasteiger partial charge in [0.1, 0.15) is 5.75 Å². The summed E-state index contributed by atoms with van der Waals surface area (Å²) in [6, 6.07) is 4.14. The highest BCUT2D eigenvalue weighted by Crippen LogP contribution is 2.39. The van der Waals surface area contributed by atoms with Crippen LogP contribution in [0.15, 0.2) is 18.2 Å². The Morgan fingerprint density at radius 1 is 1.29 bits per heavy atom. The van der Waals surface area contributed by atoms with E-state index in [1.807, 2.05) is 26.8 Å². The number of aliphatic carboxylic acids is 1. The van der Waals surface area contributed by atoms with Crippen LogP contribution in [0.3, 0.4) is 0 Å². The van der Waals surface area contributed by atoms with Crippen molar-refractivity contribution in [3.63, 3.8) is 0 Å². The van der Waals surface area contributed by atoms with Crippen LogP contribution in [-0.4, -0.2) is 17.7 Å². The van der Waals surface area contributed by atoms with Gasteiger partial charge in [-0.1, -0.05) is 33.8 Å². The highest BCUT2D eigenvalue weighted by molar-refractivity contribution is 5.91. The third-order valence-corrected chi connectivity index (χ3v) is 3.35. The van der Waals surface area contributed by atoms with Crippen LogP contribution in [0.4, 0.5) is 0 Å². The van der Waals surface area contributed by atoms with Gasteiger partial charge < -0.3 is 9.84 Å². The van der Waals surface area contributed by atoms with Crippen LogP contribution in [-0.2, 0) is 10.2 Å². The van der Waals surface area contributed by atoms with Crippen molar-refractivity contribution >= 4 is 11.5 Å². The summed E-state index contributed by atoms with van der Waals surface area (Å²) in [6.45, 7) is 12.9. The topological polar surface area (TPSA) is 46.5 Å². The number of ether oxygens (including phenoxy) is 1. The van der Waals surface area contributed by atoms with Gasteiger partial charge in [-0.3, -0.25) is 0 Å². The molecule has 0 aliphatic rings. The highest BCUT2D eigenvalue weighted by Gasteiger charge is 2.23.